The minimum absolute atomic E-state index is 0.0266. The Morgan fingerprint density at radius 1 is 1.26 bits per heavy atom. The Kier molecular flexibility index (Phi) is 6.60. The number of aliphatic carboxylic acids is 1. The number of hydrogen-bond acceptors (Lipinski definition) is 3. The highest BCUT2D eigenvalue weighted by molar-refractivity contribution is 5.79. The molecule has 3 N–H and O–H groups in total. The van der Waals surface area contributed by atoms with Crippen molar-refractivity contribution in [1.29, 1.82) is 0 Å². The normalized spacial score (nSPS) is 11.8. The average Bonchev–Trinajstić information content (AvgIpc) is 2.42. The summed E-state index contributed by atoms with van der Waals surface area (Å²) < 4.78 is 0. The summed E-state index contributed by atoms with van der Waals surface area (Å²) in [7, 11) is 0. The lowest BCUT2D eigenvalue weighted by Gasteiger charge is -2.09. The first-order valence-electron chi connectivity index (χ1n) is 6.36. The molecule has 0 unspecified atom stereocenters. The molecule has 0 heterocycles. The predicted octanol–water partition coefficient (Wildman–Crippen LogP) is 0.798. The molecule has 0 fully saturated rings. The molecule has 1 aromatic carbocycles. The lowest BCUT2D eigenvalue weighted by atomic mass is 10.1. The van der Waals surface area contributed by atoms with Crippen LogP contribution in [0.3, 0.4) is 0 Å². The van der Waals surface area contributed by atoms with Crippen LogP contribution >= 0.6 is 0 Å². The van der Waals surface area contributed by atoms with E-state index in [9.17, 15) is 9.59 Å². The number of carboxylic acid groups (broad SMARTS) is 1. The molecule has 0 aliphatic heterocycles. The zero-order valence-corrected chi connectivity index (χ0v) is 11.1. The number of nitrogens with one attached hydrogen (secondary N) is 2. The second kappa shape index (κ2) is 8.26. The van der Waals surface area contributed by atoms with Crippen LogP contribution in [0.5, 0.6) is 0 Å². The van der Waals surface area contributed by atoms with E-state index in [1.807, 2.05) is 18.2 Å². The Morgan fingerprint density at radius 2 is 1.95 bits per heavy atom. The summed E-state index contributed by atoms with van der Waals surface area (Å²) in [6.45, 7) is 2.13. The molecule has 104 valence electrons. The van der Waals surface area contributed by atoms with Gasteiger partial charge in [-0.25, -0.2) is 0 Å². The van der Waals surface area contributed by atoms with Crippen molar-refractivity contribution < 1.29 is 14.7 Å². The van der Waals surface area contributed by atoms with E-state index in [4.69, 9.17) is 5.11 Å². The highest BCUT2D eigenvalue weighted by Gasteiger charge is 2.11. The number of aryl methyl sites for hydroxylation is 1. The first-order valence-corrected chi connectivity index (χ1v) is 6.36. The number of carbonyl (C=O) groups is 2. The number of hydrogen-bond donors (Lipinski definition) is 3. The third-order valence-corrected chi connectivity index (χ3v) is 2.75. The van der Waals surface area contributed by atoms with Crippen LogP contribution in [-0.2, 0) is 16.0 Å². The van der Waals surface area contributed by atoms with E-state index in [2.05, 4.69) is 22.8 Å². The van der Waals surface area contributed by atoms with Crippen molar-refractivity contribution in [2.75, 3.05) is 13.1 Å². The van der Waals surface area contributed by atoms with Crippen molar-refractivity contribution in [2.45, 2.75) is 25.8 Å². The van der Waals surface area contributed by atoms with E-state index in [-0.39, 0.29) is 12.5 Å². The molecule has 1 amide bonds. The van der Waals surface area contributed by atoms with Gasteiger partial charge in [0.15, 0.2) is 0 Å². The van der Waals surface area contributed by atoms with Gasteiger partial charge >= 0.3 is 5.97 Å². The molecule has 5 nitrogen and oxygen atoms in total. The molecule has 0 aliphatic rings. The molecule has 0 saturated heterocycles. The molecular weight excluding hydrogens is 244 g/mol. The van der Waals surface area contributed by atoms with Crippen molar-refractivity contribution >= 4 is 11.9 Å². The summed E-state index contributed by atoms with van der Waals surface area (Å²) in [4.78, 5) is 21.9. The van der Waals surface area contributed by atoms with E-state index >= 15 is 0 Å². The fraction of sp³-hybridized carbons (Fsp3) is 0.429. The number of carbonyl (C=O) groups excluding carboxylic acids is 1. The molecule has 0 spiro atoms. The number of carboxylic acids is 1. The summed E-state index contributed by atoms with van der Waals surface area (Å²) in [6.07, 6.45) is 1.78. The summed E-state index contributed by atoms with van der Waals surface area (Å²) >= 11 is 0. The average molecular weight is 264 g/mol. The summed E-state index contributed by atoms with van der Waals surface area (Å²) in [6, 6.07) is 9.35. The van der Waals surface area contributed by atoms with Gasteiger partial charge in [0.05, 0.1) is 6.54 Å². The molecule has 5 heteroatoms. The first-order chi connectivity index (χ1) is 9.09. The van der Waals surface area contributed by atoms with Gasteiger partial charge in [0, 0.05) is 6.54 Å². The third-order valence-electron chi connectivity index (χ3n) is 2.75. The van der Waals surface area contributed by atoms with E-state index in [1.54, 1.807) is 0 Å². The molecule has 1 atom stereocenters. The Labute approximate surface area is 113 Å². The monoisotopic (exact) mass is 264 g/mol. The topological polar surface area (TPSA) is 78.4 Å². The smallest absolute Gasteiger partial charge is 0.320 e. The minimum atomic E-state index is -0.961. The summed E-state index contributed by atoms with van der Waals surface area (Å²) in [5.41, 5.74) is 1.24. The summed E-state index contributed by atoms with van der Waals surface area (Å²) in [5.74, 6) is -1.14. The van der Waals surface area contributed by atoms with Gasteiger partial charge in [-0.2, -0.15) is 0 Å². The van der Waals surface area contributed by atoms with Gasteiger partial charge in [-0.15, -0.1) is 0 Å². The molecule has 1 aromatic rings. The Morgan fingerprint density at radius 3 is 2.58 bits per heavy atom. The SMILES string of the molecule is C[C@@H](NCC(=O)NCCCc1ccccc1)C(=O)O. The lowest BCUT2D eigenvalue weighted by molar-refractivity contribution is -0.139. The number of benzene rings is 1. The van der Waals surface area contributed by atoms with E-state index in [0.717, 1.165) is 12.8 Å². The van der Waals surface area contributed by atoms with Crippen molar-refractivity contribution in [1.82, 2.24) is 10.6 Å². The Bertz CT molecular complexity index is 406. The molecule has 0 radical (unpaired) electrons. The fourth-order valence-electron chi connectivity index (χ4n) is 1.56. The molecule has 0 saturated carbocycles. The van der Waals surface area contributed by atoms with Gasteiger partial charge in [-0.05, 0) is 25.3 Å². The van der Waals surface area contributed by atoms with Crippen LogP contribution in [0.15, 0.2) is 30.3 Å². The highest BCUT2D eigenvalue weighted by atomic mass is 16.4. The zero-order chi connectivity index (χ0) is 14.1. The van der Waals surface area contributed by atoms with Gasteiger partial charge in [0.2, 0.25) is 5.91 Å². The predicted molar refractivity (Wildman–Crippen MR) is 72.9 cm³/mol. The van der Waals surface area contributed by atoms with E-state index in [0.29, 0.717) is 6.54 Å². The van der Waals surface area contributed by atoms with Gasteiger partial charge in [-0.1, -0.05) is 30.3 Å². The van der Waals surface area contributed by atoms with Crippen molar-refractivity contribution in [3.63, 3.8) is 0 Å². The molecular formula is C14H20N2O3. The minimum Gasteiger partial charge on any atom is -0.480 e. The fourth-order valence-corrected chi connectivity index (χ4v) is 1.56. The Balaban J connectivity index is 2.09. The van der Waals surface area contributed by atoms with Crippen molar-refractivity contribution in [3.05, 3.63) is 35.9 Å². The van der Waals surface area contributed by atoms with Crippen LogP contribution in [0.4, 0.5) is 0 Å². The second-order valence-corrected chi connectivity index (χ2v) is 4.38. The van der Waals surface area contributed by atoms with Crippen molar-refractivity contribution in [3.8, 4) is 0 Å². The molecule has 0 aliphatic carbocycles. The maximum atomic E-state index is 11.4. The van der Waals surface area contributed by atoms with Crippen LogP contribution in [0.1, 0.15) is 18.9 Å². The van der Waals surface area contributed by atoms with Crippen LogP contribution in [-0.4, -0.2) is 36.1 Å². The molecule has 19 heavy (non-hydrogen) atoms. The quantitative estimate of drug-likeness (QED) is 0.607. The van der Waals surface area contributed by atoms with E-state index in [1.165, 1.54) is 12.5 Å². The number of amides is 1. The molecule has 0 bridgehead atoms. The second-order valence-electron chi connectivity index (χ2n) is 4.38. The highest BCUT2D eigenvalue weighted by Crippen LogP contribution is 2.01. The van der Waals surface area contributed by atoms with Crippen LogP contribution < -0.4 is 10.6 Å². The standard InChI is InChI=1S/C14H20N2O3/c1-11(14(18)19)16-10-13(17)15-9-5-8-12-6-3-2-4-7-12/h2-4,6-7,11,16H,5,8-10H2,1H3,(H,15,17)(H,18,19)/t11-/m1/s1. The maximum Gasteiger partial charge on any atom is 0.320 e. The third kappa shape index (κ3) is 6.57. The molecule has 1 rings (SSSR count). The lowest BCUT2D eigenvalue weighted by Crippen LogP contribution is -2.41. The van der Waals surface area contributed by atoms with Crippen LogP contribution in [0.25, 0.3) is 0 Å². The summed E-state index contributed by atoms with van der Waals surface area (Å²) in [5, 5.41) is 14.0. The molecule has 0 aromatic heterocycles. The Hall–Kier alpha value is -1.88. The van der Waals surface area contributed by atoms with Gasteiger partial charge in [0.25, 0.3) is 0 Å². The van der Waals surface area contributed by atoms with Crippen molar-refractivity contribution in [2.24, 2.45) is 0 Å². The van der Waals surface area contributed by atoms with Crippen LogP contribution in [0, 0.1) is 0 Å². The van der Waals surface area contributed by atoms with Gasteiger partial charge in [0.1, 0.15) is 6.04 Å². The van der Waals surface area contributed by atoms with Crippen LogP contribution in [0.2, 0.25) is 0 Å². The number of rotatable bonds is 8. The maximum absolute atomic E-state index is 11.4. The largest absolute Gasteiger partial charge is 0.480 e. The first kappa shape index (κ1) is 15.2. The zero-order valence-electron chi connectivity index (χ0n) is 11.1. The van der Waals surface area contributed by atoms with Gasteiger partial charge < -0.3 is 10.4 Å². The van der Waals surface area contributed by atoms with E-state index < -0.39 is 12.0 Å². The van der Waals surface area contributed by atoms with Gasteiger partial charge in [-0.3, -0.25) is 14.9 Å².